The standard InChI is InChI=1S/C21H15FN8O2S/c1-11-26-16(9-33-11)17-8-32-21(31)30(17)18-4-5-29-20(27-18)14(7-25-29)12-2-3-13(15(22)6-12)19-23-10-24-28-19/h2-7,9-10,17H,8H2,1H3,(H,23,24,28)/t17-/m1/s1. The first-order valence-electron chi connectivity index (χ1n) is 9.96. The summed E-state index contributed by atoms with van der Waals surface area (Å²) >= 11 is 1.51. The Balaban J connectivity index is 1.41. The lowest BCUT2D eigenvalue weighted by Crippen LogP contribution is -2.28. The Labute approximate surface area is 189 Å². The van der Waals surface area contributed by atoms with Crippen molar-refractivity contribution in [2.24, 2.45) is 0 Å². The Morgan fingerprint density at radius 3 is 2.91 bits per heavy atom. The molecule has 33 heavy (non-hydrogen) atoms. The molecule has 6 rings (SSSR count). The summed E-state index contributed by atoms with van der Waals surface area (Å²) in [5.74, 6) is 0.290. The van der Waals surface area contributed by atoms with Crippen LogP contribution < -0.4 is 4.90 Å². The van der Waals surface area contributed by atoms with Gasteiger partial charge in [0.1, 0.15) is 30.6 Å². The largest absolute Gasteiger partial charge is 0.446 e. The molecule has 164 valence electrons. The fraction of sp³-hybridized carbons (Fsp3) is 0.143. The molecule has 1 saturated heterocycles. The van der Waals surface area contributed by atoms with Crippen molar-refractivity contribution in [3.05, 3.63) is 64.9 Å². The molecule has 12 heteroatoms. The molecule has 0 aliphatic carbocycles. The van der Waals surface area contributed by atoms with Crippen molar-refractivity contribution in [1.29, 1.82) is 0 Å². The summed E-state index contributed by atoms with van der Waals surface area (Å²) in [5, 5.41) is 13.6. The third kappa shape index (κ3) is 3.22. The first kappa shape index (κ1) is 19.5. The van der Waals surface area contributed by atoms with Crippen molar-refractivity contribution in [3.63, 3.8) is 0 Å². The van der Waals surface area contributed by atoms with Gasteiger partial charge in [0.2, 0.25) is 0 Å². The Hall–Kier alpha value is -4.19. The van der Waals surface area contributed by atoms with Crippen molar-refractivity contribution < 1.29 is 13.9 Å². The van der Waals surface area contributed by atoms with Gasteiger partial charge in [-0.3, -0.25) is 5.10 Å². The first-order valence-corrected chi connectivity index (χ1v) is 10.8. The fourth-order valence-electron chi connectivity index (χ4n) is 3.83. The molecule has 1 N–H and O–H groups in total. The highest BCUT2D eigenvalue weighted by atomic mass is 32.1. The molecule has 1 aromatic carbocycles. The van der Waals surface area contributed by atoms with Gasteiger partial charge in [0, 0.05) is 17.1 Å². The number of aromatic nitrogens is 7. The molecule has 5 aromatic rings. The summed E-state index contributed by atoms with van der Waals surface area (Å²) < 4.78 is 21.7. The summed E-state index contributed by atoms with van der Waals surface area (Å²) in [5.41, 5.74) is 2.75. The smallest absolute Gasteiger partial charge is 0.416 e. The van der Waals surface area contributed by atoms with E-state index in [2.05, 4.69) is 30.2 Å². The summed E-state index contributed by atoms with van der Waals surface area (Å²) in [6.45, 7) is 2.10. The molecule has 1 atom stereocenters. The van der Waals surface area contributed by atoms with Crippen LogP contribution in [0.4, 0.5) is 15.0 Å². The van der Waals surface area contributed by atoms with Crippen LogP contribution in [0.25, 0.3) is 28.2 Å². The molecule has 0 radical (unpaired) electrons. The normalized spacial score (nSPS) is 16.0. The number of carbonyl (C=O) groups excluding carboxylic acids is 1. The monoisotopic (exact) mass is 462 g/mol. The van der Waals surface area contributed by atoms with Crippen LogP contribution in [0.3, 0.4) is 0 Å². The van der Waals surface area contributed by atoms with Gasteiger partial charge >= 0.3 is 6.09 Å². The second-order valence-corrected chi connectivity index (χ2v) is 8.46. The van der Waals surface area contributed by atoms with Crippen LogP contribution in [0.2, 0.25) is 0 Å². The molecule has 0 unspecified atom stereocenters. The van der Waals surface area contributed by atoms with E-state index in [0.717, 1.165) is 10.7 Å². The quantitative estimate of drug-likeness (QED) is 0.432. The minimum Gasteiger partial charge on any atom is -0.446 e. The van der Waals surface area contributed by atoms with Gasteiger partial charge in [-0.25, -0.2) is 33.6 Å². The number of halogens is 1. The molecule has 1 fully saturated rings. The Kier molecular flexibility index (Phi) is 4.40. The zero-order chi connectivity index (χ0) is 22.5. The number of thiazole rings is 1. The van der Waals surface area contributed by atoms with Crippen LogP contribution in [-0.2, 0) is 4.74 Å². The van der Waals surface area contributed by atoms with E-state index in [9.17, 15) is 9.18 Å². The van der Waals surface area contributed by atoms with E-state index in [1.54, 1.807) is 35.1 Å². The summed E-state index contributed by atoms with van der Waals surface area (Å²) in [7, 11) is 0. The van der Waals surface area contributed by atoms with Gasteiger partial charge in [0.25, 0.3) is 0 Å². The highest BCUT2D eigenvalue weighted by Crippen LogP contribution is 2.34. The average Bonchev–Trinajstić information content (AvgIpc) is 3.60. The van der Waals surface area contributed by atoms with Gasteiger partial charge in [0.15, 0.2) is 11.5 Å². The number of anilines is 1. The van der Waals surface area contributed by atoms with Gasteiger partial charge in [0.05, 0.1) is 22.5 Å². The van der Waals surface area contributed by atoms with E-state index in [0.29, 0.717) is 34.0 Å². The SMILES string of the molecule is Cc1nc([C@H]2COC(=O)N2c2ccn3ncc(-c4ccc(-c5ncn[nH]5)c(F)c4)c3n2)cs1. The zero-order valence-electron chi connectivity index (χ0n) is 17.1. The molecule has 10 nitrogen and oxygen atoms in total. The lowest BCUT2D eigenvalue weighted by atomic mass is 10.1. The number of carbonyl (C=O) groups is 1. The highest BCUT2D eigenvalue weighted by molar-refractivity contribution is 7.09. The molecular weight excluding hydrogens is 447 g/mol. The Bertz CT molecular complexity index is 1500. The number of aromatic amines is 1. The number of ether oxygens (including phenoxy) is 1. The third-order valence-electron chi connectivity index (χ3n) is 5.40. The number of fused-ring (bicyclic) bond motifs is 1. The predicted molar refractivity (Wildman–Crippen MR) is 117 cm³/mol. The van der Waals surface area contributed by atoms with Crippen LogP contribution in [-0.4, -0.2) is 47.5 Å². The van der Waals surface area contributed by atoms with Gasteiger partial charge in [-0.15, -0.1) is 11.3 Å². The van der Waals surface area contributed by atoms with Crippen molar-refractivity contribution in [2.45, 2.75) is 13.0 Å². The molecular formula is C21H15FN8O2S. The van der Waals surface area contributed by atoms with E-state index in [1.165, 1.54) is 28.6 Å². The number of hydrogen-bond donors (Lipinski definition) is 1. The van der Waals surface area contributed by atoms with Gasteiger partial charge in [-0.1, -0.05) is 6.07 Å². The summed E-state index contributed by atoms with van der Waals surface area (Å²) in [6.07, 6.45) is 4.14. The molecule has 0 saturated carbocycles. The van der Waals surface area contributed by atoms with Crippen LogP contribution in [0.5, 0.6) is 0 Å². The van der Waals surface area contributed by atoms with Crippen molar-refractivity contribution in [2.75, 3.05) is 11.5 Å². The van der Waals surface area contributed by atoms with E-state index in [-0.39, 0.29) is 12.6 Å². The van der Waals surface area contributed by atoms with Gasteiger partial charge < -0.3 is 4.74 Å². The number of hydrogen-bond acceptors (Lipinski definition) is 8. The number of H-pyrrole nitrogens is 1. The van der Waals surface area contributed by atoms with Crippen molar-refractivity contribution >= 4 is 28.9 Å². The maximum absolute atomic E-state index is 14.8. The van der Waals surface area contributed by atoms with Gasteiger partial charge in [-0.05, 0) is 30.7 Å². The minimum absolute atomic E-state index is 0.190. The maximum Gasteiger partial charge on any atom is 0.416 e. The number of nitrogens with zero attached hydrogens (tertiary/aromatic N) is 7. The predicted octanol–water partition coefficient (Wildman–Crippen LogP) is 3.78. The molecule has 1 aliphatic rings. The Morgan fingerprint density at radius 1 is 1.24 bits per heavy atom. The molecule has 4 aromatic heterocycles. The number of benzene rings is 1. The lowest BCUT2D eigenvalue weighted by molar-refractivity contribution is 0.178. The summed E-state index contributed by atoms with van der Waals surface area (Å²) in [4.78, 5) is 27.2. The van der Waals surface area contributed by atoms with Crippen LogP contribution >= 0.6 is 11.3 Å². The minimum atomic E-state index is -0.494. The molecule has 1 aliphatic heterocycles. The average molecular weight is 462 g/mol. The molecule has 0 bridgehead atoms. The second-order valence-electron chi connectivity index (χ2n) is 7.39. The van der Waals surface area contributed by atoms with E-state index < -0.39 is 11.9 Å². The van der Waals surface area contributed by atoms with Crippen LogP contribution in [0.15, 0.2) is 48.4 Å². The number of nitrogens with one attached hydrogen (secondary N) is 1. The number of cyclic esters (lactones) is 1. The second kappa shape index (κ2) is 7.45. The van der Waals surface area contributed by atoms with Crippen molar-refractivity contribution in [3.8, 4) is 22.5 Å². The number of rotatable bonds is 4. The van der Waals surface area contributed by atoms with E-state index >= 15 is 0 Å². The molecule has 0 spiro atoms. The zero-order valence-corrected chi connectivity index (χ0v) is 18.0. The highest BCUT2D eigenvalue weighted by Gasteiger charge is 2.38. The third-order valence-corrected chi connectivity index (χ3v) is 6.19. The fourth-order valence-corrected chi connectivity index (χ4v) is 4.49. The molecule has 1 amide bonds. The number of aryl methyl sites for hydroxylation is 1. The topological polar surface area (TPSA) is 114 Å². The maximum atomic E-state index is 14.8. The van der Waals surface area contributed by atoms with Crippen LogP contribution in [0, 0.1) is 12.7 Å². The van der Waals surface area contributed by atoms with Gasteiger partial charge in [-0.2, -0.15) is 10.2 Å². The van der Waals surface area contributed by atoms with E-state index in [1.807, 2.05) is 12.3 Å². The molecule has 5 heterocycles. The van der Waals surface area contributed by atoms with Crippen molar-refractivity contribution in [1.82, 2.24) is 34.8 Å². The lowest BCUT2D eigenvalue weighted by Gasteiger charge is -2.19. The van der Waals surface area contributed by atoms with Crippen LogP contribution in [0.1, 0.15) is 16.7 Å². The summed E-state index contributed by atoms with van der Waals surface area (Å²) in [6, 6.07) is 6.10. The van der Waals surface area contributed by atoms with E-state index in [4.69, 9.17) is 4.74 Å². The Morgan fingerprint density at radius 2 is 2.15 bits per heavy atom. The number of amides is 1. The first-order chi connectivity index (χ1) is 16.1.